The number of rotatable bonds is 11. The number of aromatic hydroxyl groups is 1. The van der Waals surface area contributed by atoms with E-state index in [9.17, 15) is 19.5 Å². The summed E-state index contributed by atoms with van der Waals surface area (Å²) in [7, 11) is 2.81. The number of carbonyl (C=O) groups excluding carboxylic acids is 3. The van der Waals surface area contributed by atoms with E-state index in [0.717, 1.165) is 11.8 Å². The van der Waals surface area contributed by atoms with Crippen molar-refractivity contribution in [3.05, 3.63) is 52.9 Å². The molecule has 0 aromatic heterocycles. The number of benzene rings is 2. The van der Waals surface area contributed by atoms with Crippen molar-refractivity contribution in [2.75, 3.05) is 32.4 Å². The highest BCUT2D eigenvalue weighted by Gasteiger charge is 2.45. The van der Waals surface area contributed by atoms with Gasteiger partial charge in [0.2, 0.25) is 17.6 Å². The lowest BCUT2D eigenvalue weighted by molar-refractivity contribution is -0.143. The van der Waals surface area contributed by atoms with E-state index >= 15 is 0 Å². The Hall–Kier alpha value is -4.37. The van der Waals surface area contributed by atoms with Crippen molar-refractivity contribution < 1.29 is 29.0 Å². The lowest BCUT2D eigenvalue weighted by atomic mass is 10.1. The molecular weight excluding hydrogens is 594 g/mol. The number of nitrogens with zero attached hydrogens (tertiary/aromatic N) is 4. The van der Waals surface area contributed by atoms with Gasteiger partial charge in [-0.25, -0.2) is 4.99 Å². The number of guanidine groups is 1. The van der Waals surface area contributed by atoms with Crippen molar-refractivity contribution >= 4 is 64.1 Å². The standard InChI is InChI=1S/C28H33N7O6S2/c1-40-20-11-16(12-21(41-2)23(20)36)13-22-26(39)35(28(43-22)33-17-7-4-3-5-8-17)18(9-6-10-32-27(30)31)25(38)34-15-42-14-19(34)24(29)37/h3-5,7-8,11-13,18-19,36H,6,9-10,14-15H2,1-2H3,(H2,29,37)(H4,30,31,32)/b22-13-,33-28?/t18-,19-/m0/s1. The Morgan fingerprint density at radius 1 is 1.14 bits per heavy atom. The fourth-order valence-electron chi connectivity index (χ4n) is 4.54. The van der Waals surface area contributed by atoms with Gasteiger partial charge in [0.1, 0.15) is 12.1 Å². The number of primary amides is 1. The lowest BCUT2D eigenvalue weighted by Gasteiger charge is -2.31. The van der Waals surface area contributed by atoms with E-state index in [1.54, 1.807) is 30.3 Å². The van der Waals surface area contributed by atoms with Gasteiger partial charge in [0.25, 0.3) is 5.91 Å². The maximum Gasteiger partial charge on any atom is 0.267 e. The van der Waals surface area contributed by atoms with Gasteiger partial charge in [-0.3, -0.25) is 24.3 Å². The van der Waals surface area contributed by atoms with Gasteiger partial charge in [0.15, 0.2) is 22.6 Å². The summed E-state index contributed by atoms with van der Waals surface area (Å²) in [6.45, 7) is 0.232. The van der Waals surface area contributed by atoms with Crippen LogP contribution in [0.4, 0.5) is 5.69 Å². The molecule has 4 rings (SSSR count). The van der Waals surface area contributed by atoms with Crippen LogP contribution in [-0.2, 0) is 14.4 Å². The van der Waals surface area contributed by atoms with Crippen LogP contribution in [0.2, 0.25) is 0 Å². The van der Waals surface area contributed by atoms with Crippen molar-refractivity contribution in [2.45, 2.75) is 24.9 Å². The quantitative estimate of drug-likeness (QED) is 0.123. The minimum Gasteiger partial charge on any atom is -0.502 e. The van der Waals surface area contributed by atoms with E-state index in [1.165, 1.54) is 35.8 Å². The van der Waals surface area contributed by atoms with Crippen LogP contribution >= 0.6 is 23.5 Å². The third kappa shape index (κ3) is 7.35. The molecule has 7 N–H and O–H groups in total. The van der Waals surface area contributed by atoms with E-state index in [4.69, 9.17) is 31.7 Å². The first kappa shape index (κ1) is 31.6. The second-order valence-electron chi connectivity index (χ2n) is 9.48. The molecule has 0 radical (unpaired) electrons. The summed E-state index contributed by atoms with van der Waals surface area (Å²) in [6.07, 6.45) is 2.17. The minimum atomic E-state index is -1.02. The number of aliphatic imine (C=N–C) groups is 2. The monoisotopic (exact) mass is 627 g/mol. The number of methoxy groups -OCH3 is 2. The number of hydrogen-bond acceptors (Lipinski definition) is 10. The zero-order valence-electron chi connectivity index (χ0n) is 23.6. The normalized spacial score (nSPS) is 19.1. The molecule has 228 valence electrons. The van der Waals surface area contributed by atoms with E-state index in [0.29, 0.717) is 23.4 Å². The zero-order chi connectivity index (χ0) is 31.1. The maximum atomic E-state index is 14.1. The third-order valence-electron chi connectivity index (χ3n) is 6.64. The predicted molar refractivity (Wildman–Crippen MR) is 168 cm³/mol. The summed E-state index contributed by atoms with van der Waals surface area (Å²) in [5.41, 5.74) is 17.7. The maximum absolute atomic E-state index is 14.1. The highest BCUT2D eigenvalue weighted by atomic mass is 32.2. The van der Waals surface area contributed by atoms with Crippen LogP contribution in [0.5, 0.6) is 17.2 Å². The molecule has 0 unspecified atom stereocenters. The predicted octanol–water partition coefficient (Wildman–Crippen LogP) is 1.82. The first-order valence-electron chi connectivity index (χ1n) is 13.2. The van der Waals surface area contributed by atoms with Crippen LogP contribution in [0.25, 0.3) is 6.08 Å². The van der Waals surface area contributed by atoms with Gasteiger partial charge in [-0.1, -0.05) is 18.2 Å². The molecule has 0 bridgehead atoms. The van der Waals surface area contributed by atoms with Crippen molar-refractivity contribution in [1.29, 1.82) is 0 Å². The molecule has 2 fully saturated rings. The molecule has 0 saturated carbocycles. The summed E-state index contributed by atoms with van der Waals surface area (Å²) >= 11 is 2.50. The molecule has 0 aliphatic carbocycles. The molecule has 2 saturated heterocycles. The zero-order valence-corrected chi connectivity index (χ0v) is 25.3. The number of para-hydroxylation sites is 1. The molecule has 13 nitrogen and oxygen atoms in total. The van der Waals surface area contributed by atoms with Gasteiger partial charge < -0.3 is 36.7 Å². The first-order chi connectivity index (χ1) is 20.6. The first-order valence-corrected chi connectivity index (χ1v) is 15.2. The third-order valence-corrected chi connectivity index (χ3v) is 8.63. The average Bonchev–Trinajstić information content (AvgIpc) is 3.59. The van der Waals surface area contributed by atoms with Crippen LogP contribution in [0.3, 0.4) is 0 Å². The average molecular weight is 628 g/mol. The number of amidine groups is 1. The summed E-state index contributed by atoms with van der Waals surface area (Å²) in [5.74, 6) is -0.828. The van der Waals surface area contributed by atoms with Gasteiger partial charge in [-0.15, -0.1) is 11.8 Å². The number of nitrogens with two attached hydrogens (primary N) is 3. The van der Waals surface area contributed by atoms with E-state index in [2.05, 4.69) is 4.99 Å². The molecule has 2 aliphatic rings. The smallest absolute Gasteiger partial charge is 0.267 e. The van der Waals surface area contributed by atoms with Gasteiger partial charge in [-0.05, 0) is 60.5 Å². The SMILES string of the molecule is COc1cc(/C=C2\SC(=Nc3ccccc3)N([C@@H](CCCN=C(N)N)C(=O)N3CSC[C@H]3C(N)=O)C2=O)cc(OC)c1O. The Morgan fingerprint density at radius 2 is 1.81 bits per heavy atom. The lowest BCUT2D eigenvalue weighted by Crippen LogP contribution is -2.54. The molecule has 43 heavy (non-hydrogen) atoms. The summed E-state index contributed by atoms with van der Waals surface area (Å²) in [5, 5.41) is 10.6. The molecule has 2 aliphatic heterocycles. The second kappa shape index (κ2) is 14.2. The Morgan fingerprint density at radius 3 is 2.42 bits per heavy atom. The molecule has 3 amide bonds. The topological polar surface area (TPSA) is 199 Å². The van der Waals surface area contributed by atoms with E-state index < -0.39 is 29.8 Å². The fourth-order valence-corrected chi connectivity index (χ4v) is 6.76. The molecule has 15 heteroatoms. The van der Waals surface area contributed by atoms with Crippen molar-refractivity contribution in [2.24, 2.45) is 27.2 Å². The van der Waals surface area contributed by atoms with Crippen molar-refractivity contribution in [3.8, 4) is 17.2 Å². The Kier molecular flexibility index (Phi) is 10.4. The molecule has 2 atom stereocenters. The van der Waals surface area contributed by atoms with Gasteiger partial charge in [0.05, 0.1) is 30.7 Å². The highest BCUT2D eigenvalue weighted by Crippen LogP contribution is 2.41. The van der Waals surface area contributed by atoms with Crippen LogP contribution < -0.4 is 26.7 Å². The summed E-state index contributed by atoms with van der Waals surface area (Å²) in [4.78, 5) is 52.1. The molecule has 2 heterocycles. The van der Waals surface area contributed by atoms with Gasteiger partial charge in [0, 0.05) is 12.3 Å². The number of hydrogen-bond donors (Lipinski definition) is 4. The minimum absolute atomic E-state index is 0.0864. The highest BCUT2D eigenvalue weighted by molar-refractivity contribution is 8.18. The second-order valence-corrected chi connectivity index (χ2v) is 11.5. The number of phenolic OH excluding ortho intramolecular Hbond substituents is 1. The van der Waals surface area contributed by atoms with E-state index in [1.807, 2.05) is 18.2 Å². The molecule has 2 aromatic rings. The molecule has 2 aromatic carbocycles. The van der Waals surface area contributed by atoms with E-state index in [-0.39, 0.29) is 52.1 Å². The Balaban J connectivity index is 1.79. The van der Waals surface area contributed by atoms with Gasteiger partial charge >= 0.3 is 0 Å². The van der Waals surface area contributed by atoms with Crippen LogP contribution in [0, 0.1) is 0 Å². The summed E-state index contributed by atoms with van der Waals surface area (Å²) < 4.78 is 10.5. The van der Waals surface area contributed by atoms with Crippen molar-refractivity contribution in [3.63, 3.8) is 0 Å². The number of ether oxygens (including phenoxy) is 2. The number of amides is 3. The van der Waals surface area contributed by atoms with Crippen LogP contribution in [0.1, 0.15) is 18.4 Å². The van der Waals surface area contributed by atoms with Gasteiger partial charge in [-0.2, -0.15) is 0 Å². The fraction of sp³-hybridized carbons (Fsp3) is 0.321. The summed E-state index contributed by atoms with van der Waals surface area (Å²) in [6, 6.07) is 10.3. The number of phenols is 1. The molecule has 0 spiro atoms. The largest absolute Gasteiger partial charge is 0.502 e. The number of thioether (sulfide) groups is 2. The van der Waals surface area contributed by atoms with Crippen LogP contribution in [-0.4, -0.2) is 88.2 Å². The number of carbonyl (C=O) groups is 3. The molecular formula is C28H33N7O6S2. The Bertz CT molecular complexity index is 1440. The van der Waals surface area contributed by atoms with Crippen molar-refractivity contribution in [1.82, 2.24) is 9.80 Å². The van der Waals surface area contributed by atoms with Crippen LogP contribution in [0.15, 0.2) is 57.4 Å². The Labute approximate surface area is 257 Å².